The first kappa shape index (κ1) is 8.90. The molecular formula is C7H10ClN3O2. The van der Waals surface area contributed by atoms with E-state index in [9.17, 15) is 4.79 Å². The Balaban J connectivity index is 2.37. The Bertz CT molecular complexity index is 283. The molecule has 13 heavy (non-hydrogen) atoms. The Morgan fingerprint density at radius 1 is 1.77 bits per heavy atom. The number of rotatable bonds is 1. The molecule has 0 N–H and O–H groups in total. The molecule has 0 saturated carbocycles. The normalized spacial score (nSPS) is 43.0. The number of hydrogen-bond donors (Lipinski definition) is 0. The van der Waals surface area contributed by atoms with E-state index in [1.54, 1.807) is 14.2 Å². The van der Waals surface area contributed by atoms with Crippen molar-refractivity contribution in [1.82, 2.24) is 4.90 Å². The summed E-state index contributed by atoms with van der Waals surface area (Å²) in [5.41, 5.74) is 0. The molecular weight excluding hydrogens is 194 g/mol. The van der Waals surface area contributed by atoms with Crippen LogP contribution in [0.2, 0.25) is 0 Å². The lowest BCUT2D eigenvalue weighted by Gasteiger charge is -2.20. The van der Waals surface area contributed by atoms with Gasteiger partial charge >= 0.3 is 0 Å². The van der Waals surface area contributed by atoms with Gasteiger partial charge in [0.2, 0.25) is 5.00 Å². The van der Waals surface area contributed by atoms with Gasteiger partial charge in [0.1, 0.15) is 6.23 Å². The minimum absolute atomic E-state index is 0.156. The predicted octanol–water partition coefficient (Wildman–Crippen LogP) is 0.448. The van der Waals surface area contributed by atoms with Gasteiger partial charge in [-0.15, -0.1) is 0 Å². The van der Waals surface area contributed by atoms with E-state index >= 15 is 0 Å². The molecule has 0 radical (unpaired) electrons. The number of amides is 1. The van der Waals surface area contributed by atoms with Crippen molar-refractivity contribution in [3.8, 4) is 0 Å². The monoisotopic (exact) mass is 203 g/mol. The lowest BCUT2D eigenvalue weighted by Crippen LogP contribution is -2.34. The second kappa shape index (κ2) is 2.65. The highest BCUT2D eigenvalue weighted by Gasteiger charge is 2.60. The van der Waals surface area contributed by atoms with Crippen molar-refractivity contribution in [2.75, 3.05) is 20.7 Å². The Kier molecular flexibility index (Phi) is 1.82. The number of fused-ring (bicyclic) bond motifs is 1. The summed E-state index contributed by atoms with van der Waals surface area (Å²) in [6.07, 6.45) is -0.306. The maximum Gasteiger partial charge on any atom is 0.270 e. The van der Waals surface area contributed by atoms with Gasteiger partial charge in [-0.05, 0) is 0 Å². The zero-order valence-corrected chi connectivity index (χ0v) is 8.15. The third-order valence-electron chi connectivity index (χ3n) is 2.57. The standard InChI is InChI=1S/C7H10ClN3O2/c1-11-5(13-2)4-3-9-10-7(4,8)6(11)12/h4-5H,3H2,1-2H3/t4-,5+,7-/m0/s1. The van der Waals surface area contributed by atoms with Crippen LogP contribution < -0.4 is 0 Å². The van der Waals surface area contributed by atoms with Crippen molar-refractivity contribution in [3.63, 3.8) is 0 Å². The zero-order valence-electron chi connectivity index (χ0n) is 7.40. The van der Waals surface area contributed by atoms with Gasteiger partial charge in [-0.25, -0.2) is 0 Å². The third kappa shape index (κ3) is 0.941. The van der Waals surface area contributed by atoms with Gasteiger partial charge in [0, 0.05) is 14.2 Å². The fourth-order valence-electron chi connectivity index (χ4n) is 1.86. The summed E-state index contributed by atoms with van der Waals surface area (Å²) in [4.78, 5) is 11.9. The van der Waals surface area contributed by atoms with E-state index in [1.165, 1.54) is 4.90 Å². The molecule has 0 bridgehead atoms. The van der Waals surface area contributed by atoms with Crippen LogP contribution in [0, 0.1) is 5.92 Å². The topological polar surface area (TPSA) is 54.3 Å². The summed E-state index contributed by atoms with van der Waals surface area (Å²) in [7, 11) is 3.21. The highest BCUT2D eigenvalue weighted by Crippen LogP contribution is 2.44. The van der Waals surface area contributed by atoms with Crippen LogP contribution in [0.5, 0.6) is 0 Å². The number of alkyl halides is 1. The van der Waals surface area contributed by atoms with Gasteiger partial charge in [0.25, 0.3) is 5.91 Å². The number of carbonyl (C=O) groups excluding carboxylic acids is 1. The summed E-state index contributed by atoms with van der Waals surface area (Å²) >= 11 is 6.06. The first-order valence-electron chi connectivity index (χ1n) is 3.99. The molecule has 5 nitrogen and oxygen atoms in total. The number of likely N-dealkylation sites (tertiary alicyclic amines) is 1. The van der Waals surface area contributed by atoms with Gasteiger partial charge in [-0.3, -0.25) is 4.79 Å². The maximum absolute atomic E-state index is 11.6. The number of azo groups is 1. The van der Waals surface area contributed by atoms with Crippen molar-refractivity contribution < 1.29 is 9.53 Å². The molecule has 0 aromatic heterocycles. The lowest BCUT2D eigenvalue weighted by molar-refractivity contribution is -0.134. The van der Waals surface area contributed by atoms with Gasteiger partial charge in [-0.2, -0.15) is 10.2 Å². The quantitative estimate of drug-likeness (QED) is 0.459. The van der Waals surface area contributed by atoms with Crippen LogP contribution in [0.4, 0.5) is 0 Å². The second-order valence-electron chi connectivity index (χ2n) is 3.25. The van der Waals surface area contributed by atoms with Crippen molar-refractivity contribution in [1.29, 1.82) is 0 Å². The van der Waals surface area contributed by atoms with Crippen molar-refractivity contribution in [3.05, 3.63) is 0 Å². The number of halogens is 1. The van der Waals surface area contributed by atoms with Crippen LogP contribution in [0.25, 0.3) is 0 Å². The second-order valence-corrected chi connectivity index (χ2v) is 3.82. The van der Waals surface area contributed by atoms with Crippen LogP contribution in [0.15, 0.2) is 10.2 Å². The smallest absolute Gasteiger partial charge is 0.270 e. The Morgan fingerprint density at radius 3 is 3.08 bits per heavy atom. The highest BCUT2D eigenvalue weighted by molar-refractivity contribution is 6.35. The minimum Gasteiger partial charge on any atom is -0.361 e. The van der Waals surface area contributed by atoms with E-state index in [2.05, 4.69) is 10.2 Å². The molecule has 2 rings (SSSR count). The van der Waals surface area contributed by atoms with Crippen LogP contribution >= 0.6 is 11.6 Å². The lowest BCUT2D eigenvalue weighted by atomic mass is 10.0. The number of likely N-dealkylation sites (N-methyl/N-ethyl adjacent to an activating group) is 1. The highest BCUT2D eigenvalue weighted by atomic mass is 35.5. The van der Waals surface area contributed by atoms with E-state index < -0.39 is 5.00 Å². The van der Waals surface area contributed by atoms with E-state index in [0.29, 0.717) is 6.54 Å². The molecule has 2 aliphatic rings. The summed E-state index contributed by atoms with van der Waals surface area (Å²) in [5.74, 6) is -0.385. The van der Waals surface area contributed by atoms with E-state index in [1.807, 2.05) is 0 Å². The number of carbonyl (C=O) groups is 1. The number of hydrogen-bond acceptors (Lipinski definition) is 4. The molecule has 3 atom stereocenters. The first-order chi connectivity index (χ1) is 6.11. The molecule has 1 fully saturated rings. The van der Waals surface area contributed by atoms with E-state index in [-0.39, 0.29) is 18.1 Å². The average Bonchev–Trinajstić information content (AvgIpc) is 2.55. The largest absolute Gasteiger partial charge is 0.361 e. The molecule has 0 spiro atoms. The Morgan fingerprint density at radius 2 is 2.46 bits per heavy atom. The van der Waals surface area contributed by atoms with Gasteiger partial charge < -0.3 is 9.64 Å². The molecule has 0 aromatic carbocycles. The molecule has 1 amide bonds. The minimum atomic E-state index is -1.20. The summed E-state index contributed by atoms with van der Waals surface area (Å²) in [5, 5.41) is 7.57. The van der Waals surface area contributed by atoms with Crippen LogP contribution in [0.3, 0.4) is 0 Å². The van der Waals surface area contributed by atoms with Crippen molar-refractivity contribution in [2.24, 2.45) is 16.1 Å². The van der Waals surface area contributed by atoms with Crippen LogP contribution in [-0.2, 0) is 9.53 Å². The maximum atomic E-state index is 11.6. The molecule has 2 aliphatic heterocycles. The number of ether oxygens (including phenoxy) is 1. The van der Waals surface area contributed by atoms with Gasteiger partial charge in [0.05, 0.1) is 12.5 Å². The van der Waals surface area contributed by atoms with Crippen LogP contribution in [-0.4, -0.2) is 42.7 Å². The Labute approximate surface area is 80.7 Å². The SMILES string of the molecule is CO[C@@H]1[C@@H]2CN=N[C@]2(Cl)C(=O)N1C. The first-order valence-corrected chi connectivity index (χ1v) is 4.36. The van der Waals surface area contributed by atoms with Crippen LogP contribution in [0.1, 0.15) is 0 Å². The van der Waals surface area contributed by atoms with Crippen molar-refractivity contribution >= 4 is 17.5 Å². The summed E-state index contributed by atoms with van der Waals surface area (Å²) < 4.78 is 5.17. The average molecular weight is 204 g/mol. The predicted molar refractivity (Wildman–Crippen MR) is 45.4 cm³/mol. The molecule has 0 aromatic rings. The molecule has 0 aliphatic carbocycles. The summed E-state index contributed by atoms with van der Waals surface area (Å²) in [6.45, 7) is 0.456. The Hall–Kier alpha value is -0.680. The fraction of sp³-hybridized carbons (Fsp3) is 0.857. The van der Waals surface area contributed by atoms with E-state index in [4.69, 9.17) is 16.3 Å². The van der Waals surface area contributed by atoms with E-state index in [0.717, 1.165) is 0 Å². The van der Waals surface area contributed by atoms with Gasteiger partial charge in [-0.1, -0.05) is 11.6 Å². The molecule has 1 saturated heterocycles. The van der Waals surface area contributed by atoms with Crippen molar-refractivity contribution in [2.45, 2.75) is 11.2 Å². The fourth-order valence-corrected chi connectivity index (χ4v) is 2.23. The summed E-state index contributed by atoms with van der Waals surface area (Å²) in [6, 6.07) is 0. The number of methoxy groups -OCH3 is 1. The third-order valence-corrected chi connectivity index (χ3v) is 3.09. The molecule has 6 heteroatoms. The number of nitrogens with zero attached hydrogens (tertiary/aromatic N) is 3. The van der Waals surface area contributed by atoms with Gasteiger partial charge in [0.15, 0.2) is 0 Å². The molecule has 72 valence electrons. The molecule has 2 heterocycles. The zero-order chi connectivity index (χ0) is 9.64. The molecule has 0 unspecified atom stereocenters.